The van der Waals surface area contributed by atoms with Crippen molar-refractivity contribution in [3.8, 4) is 28.4 Å². The normalized spacial score (nSPS) is 12.1. The SMILES string of the molecule is COCCN(CCOC)c1nc(C)nc2c(-c3c(OC)cc(OS(=O)(=O)C(F)(F)F)cc3OC)c(C)nn12. The molecule has 38 heavy (non-hydrogen) atoms. The highest BCUT2D eigenvalue weighted by molar-refractivity contribution is 7.88. The van der Waals surface area contributed by atoms with E-state index >= 15 is 0 Å². The second kappa shape index (κ2) is 11.6. The van der Waals surface area contributed by atoms with E-state index in [1.807, 2.05) is 4.90 Å². The second-order valence-electron chi connectivity index (χ2n) is 7.93. The van der Waals surface area contributed by atoms with Crippen LogP contribution < -0.4 is 18.6 Å². The summed E-state index contributed by atoms with van der Waals surface area (Å²) in [5.41, 5.74) is -4.07. The van der Waals surface area contributed by atoms with Gasteiger partial charge in [0.25, 0.3) is 0 Å². The minimum atomic E-state index is -5.92. The maximum atomic E-state index is 12.9. The number of nitrogens with zero attached hydrogens (tertiary/aromatic N) is 5. The number of benzene rings is 1. The Morgan fingerprint density at radius 1 is 0.921 bits per heavy atom. The minimum absolute atomic E-state index is 0.0249. The summed E-state index contributed by atoms with van der Waals surface area (Å²) in [5.74, 6) is 0.185. The zero-order valence-electron chi connectivity index (χ0n) is 21.6. The lowest BCUT2D eigenvalue weighted by molar-refractivity contribution is -0.0500. The summed E-state index contributed by atoms with van der Waals surface area (Å²) >= 11 is 0. The number of halogens is 3. The highest BCUT2D eigenvalue weighted by Gasteiger charge is 2.48. The van der Waals surface area contributed by atoms with Gasteiger partial charge in [0, 0.05) is 39.4 Å². The molecule has 0 fully saturated rings. The van der Waals surface area contributed by atoms with Crippen molar-refractivity contribution in [2.45, 2.75) is 19.4 Å². The van der Waals surface area contributed by atoms with E-state index in [4.69, 9.17) is 18.9 Å². The molecule has 210 valence electrons. The van der Waals surface area contributed by atoms with Gasteiger partial charge in [-0.3, -0.25) is 0 Å². The fourth-order valence-corrected chi connectivity index (χ4v) is 4.14. The van der Waals surface area contributed by atoms with Crippen LogP contribution >= 0.6 is 0 Å². The zero-order valence-corrected chi connectivity index (χ0v) is 22.4. The van der Waals surface area contributed by atoms with Gasteiger partial charge in [0.2, 0.25) is 5.95 Å². The first-order valence-corrected chi connectivity index (χ1v) is 12.5. The van der Waals surface area contributed by atoms with Gasteiger partial charge in [-0.1, -0.05) is 0 Å². The van der Waals surface area contributed by atoms with Crippen molar-refractivity contribution in [1.29, 1.82) is 0 Å². The first-order chi connectivity index (χ1) is 17.9. The van der Waals surface area contributed by atoms with Crippen molar-refractivity contribution in [2.75, 3.05) is 59.6 Å². The Balaban J connectivity index is 2.25. The Bertz CT molecular complexity index is 1360. The lowest BCUT2D eigenvalue weighted by Gasteiger charge is -2.23. The molecule has 3 rings (SSSR count). The van der Waals surface area contributed by atoms with Crippen LogP contribution in [0.2, 0.25) is 0 Å². The number of hydrogen-bond donors (Lipinski definition) is 0. The molecule has 0 spiro atoms. The molecule has 0 atom stereocenters. The monoisotopic (exact) mass is 563 g/mol. The molecule has 0 bridgehead atoms. The number of rotatable bonds is 12. The van der Waals surface area contributed by atoms with Crippen molar-refractivity contribution in [1.82, 2.24) is 19.6 Å². The molecule has 3 aromatic rings. The van der Waals surface area contributed by atoms with Gasteiger partial charge >= 0.3 is 15.6 Å². The Morgan fingerprint density at radius 2 is 1.47 bits per heavy atom. The number of methoxy groups -OCH3 is 4. The standard InChI is InChI=1S/C22H28F3N5O7S/c1-13-18(19-16(35-5)11-15(12-17(19)36-6)37-38(31,32)22(23,24)25)20-26-14(2)27-21(30(20)28-13)29(7-9-33-3)8-10-34-4/h11-12H,7-10H2,1-6H3. The molecule has 0 aliphatic heterocycles. The predicted molar refractivity (Wildman–Crippen MR) is 130 cm³/mol. The quantitative estimate of drug-likeness (QED) is 0.238. The van der Waals surface area contributed by atoms with Crippen LogP contribution in [0.5, 0.6) is 17.2 Å². The topological polar surface area (TPSA) is 127 Å². The van der Waals surface area contributed by atoms with E-state index in [9.17, 15) is 21.6 Å². The molecular formula is C22H28F3N5O7S. The highest BCUT2D eigenvalue weighted by atomic mass is 32.2. The number of fused-ring (bicyclic) bond motifs is 1. The summed E-state index contributed by atoms with van der Waals surface area (Å²) in [7, 11) is -0.223. The number of anilines is 1. The van der Waals surface area contributed by atoms with E-state index in [0.717, 1.165) is 12.1 Å². The number of aryl methyl sites for hydroxylation is 2. The van der Waals surface area contributed by atoms with E-state index in [2.05, 4.69) is 19.2 Å². The molecule has 1 aromatic carbocycles. The number of ether oxygens (including phenoxy) is 4. The Labute approximate surface area is 217 Å². The Hall–Kier alpha value is -3.37. The lowest BCUT2D eigenvalue weighted by atomic mass is 10.0. The summed E-state index contributed by atoms with van der Waals surface area (Å²) in [6.45, 7) is 5.18. The van der Waals surface area contributed by atoms with Crippen molar-refractivity contribution in [3.05, 3.63) is 23.7 Å². The van der Waals surface area contributed by atoms with Gasteiger partial charge in [-0.05, 0) is 13.8 Å². The van der Waals surface area contributed by atoms with Crippen LogP contribution in [0.1, 0.15) is 11.5 Å². The maximum Gasteiger partial charge on any atom is 0.534 e. The minimum Gasteiger partial charge on any atom is -0.496 e. The summed E-state index contributed by atoms with van der Waals surface area (Å²) < 4.78 is 88.9. The molecule has 2 aromatic heterocycles. The van der Waals surface area contributed by atoms with Gasteiger partial charge in [-0.15, -0.1) is 0 Å². The fourth-order valence-electron chi connectivity index (χ4n) is 3.70. The van der Waals surface area contributed by atoms with E-state index in [-0.39, 0.29) is 17.1 Å². The molecule has 0 radical (unpaired) electrons. The summed E-state index contributed by atoms with van der Waals surface area (Å²) in [5, 5.41) is 4.61. The fraction of sp³-hybridized carbons (Fsp3) is 0.500. The van der Waals surface area contributed by atoms with Gasteiger partial charge in [-0.2, -0.15) is 36.2 Å². The highest BCUT2D eigenvalue weighted by Crippen LogP contribution is 2.45. The maximum absolute atomic E-state index is 12.9. The smallest absolute Gasteiger partial charge is 0.496 e. The van der Waals surface area contributed by atoms with Gasteiger partial charge < -0.3 is 28.0 Å². The van der Waals surface area contributed by atoms with Gasteiger partial charge in [0.1, 0.15) is 23.1 Å². The predicted octanol–water partition coefficient (Wildman–Crippen LogP) is 2.75. The average Bonchev–Trinajstić information content (AvgIpc) is 3.17. The molecule has 0 amide bonds. The third-order valence-electron chi connectivity index (χ3n) is 5.39. The summed E-state index contributed by atoms with van der Waals surface area (Å²) in [4.78, 5) is 11.0. The third kappa shape index (κ3) is 5.86. The van der Waals surface area contributed by atoms with Gasteiger partial charge in [0.15, 0.2) is 5.65 Å². The van der Waals surface area contributed by atoms with Crippen molar-refractivity contribution < 1.29 is 44.7 Å². The van der Waals surface area contributed by atoms with Crippen molar-refractivity contribution in [2.24, 2.45) is 0 Å². The number of aromatic nitrogens is 4. The Kier molecular flexibility index (Phi) is 8.89. The van der Waals surface area contributed by atoms with E-state index in [1.165, 1.54) is 18.7 Å². The molecule has 0 unspecified atom stereocenters. The molecule has 0 aliphatic rings. The molecular weight excluding hydrogens is 535 g/mol. The molecule has 16 heteroatoms. The zero-order chi connectivity index (χ0) is 28.3. The number of hydrogen-bond acceptors (Lipinski definition) is 11. The third-order valence-corrected chi connectivity index (χ3v) is 6.37. The first-order valence-electron chi connectivity index (χ1n) is 11.1. The van der Waals surface area contributed by atoms with Crippen LogP contribution in [0.4, 0.5) is 19.1 Å². The molecule has 0 saturated heterocycles. The largest absolute Gasteiger partial charge is 0.534 e. The summed E-state index contributed by atoms with van der Waals surface area (Å²) in [6, 6.07) is 2.03. The molecule has 0 saturated carbocycles. The van der Waals surface area contributed by atoms with Crippen LogP contribution in [0, 0.1) is 13.8 Å². The van der Waals surface area contributed by atoms with Crippen LogP contribution in [0.15, 0.2) is 12.1 Å². The van der Waals surface area contributed by atoms with Crippen LogP contribution in [0.3, 0.4) is 0 Å². The van der Waals surface area contributed by atoms with E-state index in [1.54, 1.807) is 28.1 Å². The number of alkyl halides is 3. The molecule has 12 nitrogen and oxygen atoms in total. The second-order valence-corrected chi connectivity index (χ2v) is 9.46. The van der Waals surface area contributed by atoms with Crippen LogP contribution in [0.25, 0.3) is 16.8 Å². The molecule has 2 heterocycles. The van der Waals surface area contributed by atoms with Crippen molar-refractivity contribution >= 4 is 21.7 Å². The Morgan fingerprint density at radius 3 is 1.95 bits per heavy atom. The van der Waals surface area contributed by atoms with E-state index < -0.39 is 21.4 Å². The van der Waals surface area contributed by atoms with Gasteiger partial charge in [-0.25, -0.2) is 4.98 Å². The lowest BCUT2D eigenvalue weighted by Crippen LogP contribution is -2.33. The summed E-state index contributed by atoms with van der Waals surface area (Å²) in [6.07, 6.45) is 0. The van der Waals surface area contributed by atoms with Crippen LogP contribution in [-0.2, 0) is 19.6 Å². The van der Waals surface area contributed by atoms with E-state index in [0.29, 0.717) is 55.0 Å². The first kappa shape index (κ1) is 29.2. The van der Waals surface area contributed by atoms with Crippen molar-refractivity contribution in [3.63, 3.8) is 0 Å². The van der Waals surface area contributed by atoms with Gasteiger partial charge in [0.05, 0.1) is 44.3 Å². The van der Waals surface area contributed by atoms with Crippen LogP contribution in [-0.4, -0.2) is 88.3 Å². The molecule has 0 aliphatic carbocycles. The molecule has 0 N–H and O–H groups in total. The average molecular weight is 564 g/mol.